The minimum Gasteiger partial charge on any atom is -0.394 e. The standard InChI is InChI=1S/C34H58O7/c1-24(2)30(36)32(38-10)31(37)27(5)22-25(3)14-12-11-13-15-26(4)29(40-21-20-39-19-18-35)23-34(9)17-16-28(6)33(7,8)41-34/h11-15,25,27-30,32,35-36H,1,16-23H2,2-10H3/b13-11+,14-12+,26-15+/t25-,27-,28?,29-,30-,32-,34?/m1/s1. The Morgan fingerprint density at radius 2 is 1.80 bits per heavy atom. The zero-order valence-corrected chi connectivity index (χ0v) is 27.2. The highest BCUT2D eigenvalue weighted by Crippen LogP contribution is 2.42. The summed E-state index contributed by atoms with van der Waals surface area (Å²) in [6.45, 7) is 21.4. The van der Waals surface area contributed by atoms with Crippen LogP contribution in [0.1, 0.15) is 81.1 Å². The molecule has 0 bridgehead atoms. The van der Waals surface area contributed by atoms with Crippen LogP contribution in [-0.2, 0) is 23.7 Å². The Kier molecular flexibility index (Phi) is 16.6. The fourth-order valence-electron chi connectivity index (χ4n) is 5.28. The third-order valence-electron chi connectivity index (χ3n) is 8.27. The molecule has 0 aromatic rings. The molecule has 2 unspecified atom stereocenters. The second-order valence-corrected chi connectivity index (χ2v) is 12.6. The van der Waals surface area contributed by atoms with Gasteiger partial charge in [0.2, 0.25) is 0 Å². The molecule has 41 heavy (non-hydrogen) atoms. The summed E-state index contributed by atoms with van der Waals surface area (Å²) < 4.78 is 23.5. The van der Waals surface area contributed by atoms with Gasteiger partial charge in [0.05, 0.1) is 43.7 Å². The van der Waals surface area contributed by atoms with Crippen molar-refractivity contribution in [2.75, 3.05) is 33.5 Å². The van der Waals surface area contributed by atoms with Gasteiger partial charge < -0.3 is 29.2 Å². The molecule has 0 aromatic heterocycles. The van der Waals surface area contributed by atoms with E-state index in [0.717, 1.165) is 24.8 Å². The second kappa shape index (κ2) is 18.1. The van der Waals surface area contributed by atoms with Gasteiger partial charge in [0.15, 0.2) is 5.78 Å². The highest BCUT2D eigenvalue weighted by atomic mass is 16.5. The Labute approximate surface area is 249 Å². The second-order valence-electron chi connectivity index (χ2n) is 12.6. The van der Waals surface area contributed by atoms with Crippen LogP contribution < -0.4 is 0 Å². The molecular weight excluding hydrogens is 520 g/mol. The van der Waals surface area contributed by atoms with Gasteiger partial charge in [0, 0.05) is 19.4 Å². The number of hydrogen-bond acceptors (Lipinski definition) is 7. The first-order valence-corrected chi connectivity index (χ1v) is 15.1. The number of carbonyl (C=O) groups is 1. The monoisotopic (exact) mass is 578 g/mol. The summed E-state index contributed by atoms with van der Waals surface area (Å²) in [7, 11) is 1.44. The number of aliphatic hydroxyl groups is 2. The van der Waals surface area contributed by atoms with Gasteiger partial charge in [-0.25, -0.2) is 0 Å². The van der Waals surface area contributed by atoms with E-state index in [2.05, 4.69) is 60.3 Å². The molecule has 0 aliphatic carbocycles. The van der Waals surface area contributed by atoms with Crippen LogP contribution >= 0.6 is 0 Å². The van der Waals surface area contributed by atoms with Gasteiger partial charge in [-0.3, -0.25) is 4.79 Å². The van der Waals surface area contributed by atoms with E-state index in [9.17, 15) is 9.90 Å². The molecule has 0 amide bonds. The van der Waals surface area contributed by atoms with Crippen molar-refractivity contribution in [2.45, 2.75) is 111 Å². The van der Waals surface area contributed by atoms with E-state index >= 15 is 0 Å². The molecule has 0 spiro atoms. The highest BCUT2D eigenvalue weighted by molar-refractivity contribution is 5.86. The zero-order valence-electron chi connectivity index (χ0n) is 27.2. The van der Waals surface area contributed by atoms with Gasteiger partial charge in [-0.15, -0.1) is 0 Å². The van der Waals surface area contributed by atoms with Crippen LogP contribution in [0.15, 0.2) is 48.1 Å². The number of methoxy groups -OCH3 is 1. The van der Waals surface area contributed by atoms with Gasteiger partial charge in [0.25, 0.3) is 0 Å². The van der Waals surface area contributed by atoms with E-state index in [-0.39, 0.29) is 41.5 Å². The van der Waals surface area contributed by atoms with Crippen molar-refractivity contribution in [3.05, 3.63) is 48.1 Å². The number of ether oxygens (including phenoxy) is 4. The largest absolute Gasteiger partial charge is 0.394 e. The minimum absolute atomic E-state index is 0.000501. The maximum Gasteiger partial charge on any atom is 0.167 e. The van der Waals surface area contributed by atoms with Gasteiger partial charge in [0.1, 0.15) is 12.2 Å². The first-order valence-electron chi connectivity index (χ1n) is 15.1. The summed E-state index contributed by atoms with van der Waals surface area (Å²) >= 11 is 0. The smallest absolute Gasteiger partial charge is 0.167 e. The Morgan fingerprint density at radius 1 is 1.12 bits per heavy atom. The SMILES string of the molecule is C=C(C)[C@@H](O)[C@@H](OC)C(=O)[C@H](C)C[C@H](C)/C=C/C=C/C=C(\C)[C@@H](CC1(C)CCC(C)C(C)(C)O1)OCCOCCO. The summed E-state index contributed by atoms with van der Waals surface area (Å²) in [6.07, 6.45) is 11.6. The summed E-state index contributed by atoms with van der Waals surface area (Å²) in [4.78, 5) is 12.8. The van der Waals surface area contributed by atoms with Gasteiger partial charge in [-0.05, 0) is 76.9 Å². The van der Waals surface area contributed by atoms with Crippen LogP contribution in [0.3, 0.4) is 0 Å². The topological polar surface area (TPSA) is 94.5 Å². The maximum atomic E-state index is 12.8. The molecule has 1 heterocycles. The van der Waals surface area contributed by atoms with Crippen LogP contribution in [0.5, 0.6) is 0 Å². The van der Waals surface area contributed by atoms with E-state index < -0.39 is 12.2 Å². The molecule has 1 saturated heterocycles. The predicted octanol–water partition coefficient (Wildman–Crippen LogP) is 6.00. The number of hydrogen-bond donors (Lipinski definition) is 2. The molecular formula is C34H58O7. The van der Waals surface area contributed by atoms with Crippen molar-refractivity contribution in [1.29, 1.82) is 0 Å². The van der Waals surface area contributed by atoms with Crippen molar-refractivity contribution in [2.24, 2.45) is 17.8 Å². The Morgan fingerprint density at radius 3 is 2.39 bits per heavy atom. The lowest BCUT2D eigenvalue weighted by atomic mass is 9.78. The molecule has 1 fully saturated rings. The zero-order chi connectivity index (χ0) is 31.2. The molecule has 1 rings (SSSR count). The van der Waals surface area contributed by atoms with Crippen LogP contribution in [0.4, 0.5) is 0 Å². The number of ketones is 1. The highest BCUT2D eigenvalue weighted by Gasteiger charge is 2.43. The molecule has 7 atom stereocenters. The van der Waals surface area contributed by atoms with Crippen molar-refractivity contribution in [3.63, 3.8) is 0 Å². The van der Waals surface area contributed by atoms with Crippen LogP contribution in [0.2, 0.25) is 0 Å². The molecule has 2 N–H and O–H groups in total. The molecule has 236 valence electrons. The molecule has 0 aromatic carbocycles. The normalized spacial score (nSPS) is 25.2. The average molecular weight is 579 g/mol. The summed E-state index contributed by atoms with van der Waals surface area (Å²) in [5, 5.41) is 19.2. The van der Waals surface area contributed by atoms with E-state index in [1.807, 2.05) is 25.2 Å². The third kappa shape index (κ3) is 13.1. The van der Waals surface area contributed by atoms with Crippen LogP contribution in [0, 0.1) is 17.8 Å². The third-order valence-corrected chi connectivity index (χ3v) is 8.27. The Hall–Kier alpha value is -1.61. The molecule has 7 nitrogen and oxygen atoms in total. The summed E-state index contributed by atoms with van der Waals surface area (Å²) in [6, 6.07) is 0. The first kappa shape index (κ1) is 37.4. The van der Waals surface area contributed by atoms with Gasteiger partial charge in [-0.1, -0.05) is 57.7 Å². The fraction of sp³-hybridized carbons (Fsp3) is 0.735. The van der Waals surface area contributed by atoms with Gasteiger partial charge in [-0.2, -0.15) is 0 Å². The van der Waals surface area contributed by atoms with Crippen molar-refractivity contribution >= 4 is 5.78 Å². The lowest BCUT2D eigenvalue weighted by Gasteiger charge is -2.48. The lowest BCUT2D eigenvalue weighted by Crippen LogP contribution is -2.49. The van der Waals surface area contributed by atoms with E-state index in [0.29, 0.717) is 37.7 Å². The number of allylic oxidation sites excluding steroid dienone is 5. The minimum atomic E-state index is -0.998. The fourth-order valence-corrected chi connectivity index (χ4v) is 5.28. The molecule has 7 heteroatoms. The molecule has 0 saturated carbocycles. The summed E-state index contributed by atoms with van der Waals surface area (Å²) in [5.41, 5.74) is 1.15. The average Bonchev–Trinajstić information content (AvgIpc) is 2.89. The Balaban J connectivity index is 2.81. The summed E-state index contributed by atoms with van der Waals surface area (Å²) in [5.74, 6) is 0.308. The molecule has 1 aliphatic heterocycles. The van der Waals surface area contributed by atoms with Crippen molar-refractivity contribution in [3.8, 4) is 0 Å². The molecule has 1 aliphatic rings. The molecule has 0 radical (unpaired) electrons. The number of rotatable bonds is 19. The number of carbonyl (C=O) groups excluding carboxylic acids is 1. The number of Topliss-reactive ketones (excluding diaryl/α,β-unsaturated/α-hetero) is 1. The maximum absolute atomic E-state index is 12.8. The van der Waals surface area contributed by atoms with E-state index in [4.69, 9.17) is 24.1 Å². The van der Waals surface area contributed by atoms with E-state index in [1.165, 1.54) is 7.11 Å². The first-order chi connectivity index (χ1) is 19.2. The predicted molar refractivity (Wildman–Crippen MR) is 166 cm³/mol. The van der Waals surface area contributed by atoms with Crippen LogP contribution in [-0.4, -0.2) is 79.0 Å². The quantitative estimate of drug-likeness (QED) is 0.110. The van der Waals surface area contributed by atoms with E-state index in [1.54, 1.807) is 6.92 Å². The Bertz CT molecular complexity index is 890. The van der Waals surface area contributed by atoms with Crippen molar-refractivity contribution in [1.82, 2.24) is 0 Å². The number of aliphatic hydroxyl groups excluding tert-OH is 2. The lowest BCUT2D eigenvalue weighted by molar-refractivity contribution is -0.201. The van der Waals surface area contributed by atoms with Crippen LogP contribution in [0.25, 0.3) is 0 Å². The van der Waals surface area contributed by atoms with Gasteiger partial charge >= 0.3 is 0 Å². The van der Waals surface area contributed by atoms with Crippen molar-refractivity contribution < 1.29 is 34.0 Å².